The topological polar surface area (TPSA) is 38.9 Å². The lowest BCUT2D eigenvalue weighted by molar-refractivity contribution is 0.597. The molecule has 1 aliphatic rings. The Morgan fingerprint density at radius 1 is 0.643 bits per heavy atom. The first kappa shape index (κ1) is 24.3. The van der Waals surface area contributed by atoms with Crippen molar-refractivity contribution in [1.82, 2.24) is 9.97 Å². The zero-order valence-electron chi connectivity index (χ0n) is 23.1. The van der Waals surface area contributed by atoms with Gasteiger partial charge in [0.15, 0.2) is 0 Å². The smallest absolute Gasteiger partial charge is 0.138 e. The number of benzene rings is 5. The standard InChI is InChI=1S/C39H26N2O/c1-3-11-32(39-24(2)25-12-8-9-19-35(25)42-39)30-17-10-18-33-36(30)29-16-7-6-14-27(29)26-13-4-5-15-28(26)31-20-21-34-38(37(31)33)41-23-22-40-34/h3-23H,1H2,2H3/b27-26?,31-28?,32-11-,36-29?,37-33?. The Morgan fingerprint density at radius 2 is 1.31 bits per heavy atom. The lowest BCUT2D eigenvalue weighted by Gasteiger charge is -2.26. The summed E-state index contributed by atoms with van der Waals surface area (Å²) in [5.74, 6) is 0.849. The number of furan rings is 1. The highest BCUT2D eigenvalue weighted by Gasteiger charge is 2.28. The lowest BCUT2D eigenvalue weighted by atomic mass is 9.77. The van der Waals surface area contributed by atoms with E-state index in [2.05, 4.69) is 116 Å². The Labute approximate surface area is 244 Å². The van der Waals surface area contributed by atoms with Crippen LogP contribution in [0.1, 0.15) is 16.9 Å². The first-order valence-electron chi connectivity index (χ1n) is 14.1. The number of nitrogens with zero attached hydrogens (tertiary/aromatic N) is 2. The molecule has 0 radical (unpaired) electrons. The molecule has 42 heavy (non-hydrogen) atoms. The molecule has 1 aliphatic carbocycles. The van der Waals surface area contributed by atoms with Crippen LogP contribution in [0.5, 0.6) is 0 Å². The number of rotatable bonds is 3. The van der Waals surface area contributed by atoms with Gasteiger partial charge in [-0.2, -0.15) is 0 Å². The quantitative estimate of drug-likeness (QED) is 0.210. The third-order valence-electron chi connectivity index (χ3n) is 8.34. The largest absolute Gasteiger partial charge is 0.456 e. The first-order valence-corrected chi connectivity index (χ1v) is 14.1. The molecule has 7 aromatic rings. The zero-order valence-corrected chi connectivity index (χ0v) is 23.1. The van der Waals surface area contributed by atoms with Crippen molar-refractivity contribution in [2.45, 2.75) is 6.92 Å². The molecular formula is C39H26N2O. The van der Waals surface area contributed by atoms with Crippen LogP contribution in [0.4, 0.5) is 0 Å². The Balaban J connectivity index is 1.55. The number of hydrogen-bond acceptors (Lipinski definition) is 3. The number of fused-ring (bicyclic) bond motifs is 11. The van der Waals surface area contributed by atoms with Crippen LogP contribution in [-0.2, 0) is 0 Å². The van der Waals surface area contributed by atoms with E-state index in [0.717, 1.165) is 72.3 Å². The van der Waals surface area contributed by atoms with Crippen molar-refractivity contribution >= 4 is 27.6 Å². The number of allylic oxidation sites excluding steroid dienone is 2. The van der Waals surface area contributed by atoms with Crippen molar-refractivity contribution in [2.75, 3.05) is 0 Å². The minimum absolute atomic E-state index is 0.849. The maximum atomic E-state index is 6.56. The van der Waals surface area contributed by atoms with E-state index in [9.17, 15) is 0 Å². The van der Waals surface area contributed by atoms with E-state index in [-0.39, 0.29) is 0 Å². The highest BCUT2D eigenvalue weighted by atomic mass is 16.3. The van der Waals surface area contributed by atoms with Crippen molar-refractivity contribution in [3.63, 3.8) is 0 Å². The van der Waals surface area contributed by atoms with E-state index in [1.807, 2.05) is 18.2 Å². The van der Waals surface area contributed by atoms with Gasteiger partial charge in [-0.15, -0.1) is 0 Å². The summed E-state index contributed by atoms with van der Waals surface area (Å²) in [7, 11) is 0. The predicted molar refractivity (Wildman–Crippen MR) is 173 cm³/mol. The molecule has 0 saturated carbocycles. The maximum Gasteiger partial charge on any atom is 0.138 e. The molecule has 0 spiro atoms. The molecule has 3 heteroatoms. The van der Waals surface area contributed by atoms with Crippen LogP contribution in [0, 0.1) is 6.92 Å². The monoisotopic (exact) mass is 538 g/mol. The fourth-order valence-corrected chi connectivity index (χ4v) is 6.53. The summed E-state index contributed by atoms with van der Waals surface area (Å²) < 4.78 is 6.56. The number of hydrogen-bond donors (Lipinski definition) is 0. The number of aromatic nitrogens is 2. The van der Waals surface area contributed by atoms with Crippen LogP contribution < -0.4 is 0 Å². The fraction of sp³-hybridized carbons (Fsp3) is 0.0256. The van der Waals surface area contributed by atoms with Crippen LogP contribution >= 0.6 is 0 Å². The molecule has 5 aromatic carbocycles. The van der Waals surface area contributed by atoms with Gasteiger partial charge in [0.05, 0.1) is 11.0 Å². The van der Waals surface area contributed by atoms with Crippen LogP contribution in [-0.4, -0.2) is 9.97 Å². The second kappa shape index (κ2) is 9.53. The molecule has 2 aromatic heterocycles. The van der Waals surface area contributed by atoms with E-state index in [1.165, 1.54) is 16.7 Å². The summed E-state index contributed by atoms with van der Waals surface area (Å²) in [5.41, 5.74) is 15.0. The third kappa shape index (κ3) is 3.54. The molecule has 2 heterocycles. The Kier molecular flexibility index (Phi) is 5.51. The lowest BCUT2D eigenvalue weighted by Crippen LogP contribution is -2.02. The molecule has 0 bridgehead atoms. The van der Waals surface area contributed by atoms with Gasteiger partial charge in [0.2, 0.25) is 0 Å². The molecule has 0 saturated heterocycles. The molecular weight excluding hydrogens is 512 g/mol. The van der Waals surface area contributed by atoms with Gasteiger partial charge in [-0.25, -0.2) is 0 Å². The van der Waals surface area contributed by atoms with Crippen molar-refractivity contribution in [1.29, 1.82) is 0 Å². The molecule has 0 aliphatic heterocycles. The van der Waals surface area contributed by atoms with Gasteiger partial charge in [0.1, 0.15) is 11.3 Å². The Morgan fingerprint density at radius 3 is 2.10 bits per heavy atom. The second-order valence-electron chi connectivity index (χ2n) is 10.6. The van der Waals surface area contributed by atoms with Crippen molar-refractivity contribution in [3.05, 3.63) is 151 Å². The van der Waals surface area contributed by atoms with Gasteiger partial charge in [-0.05, 0) is 63.6 Å². The van der Waals surface area contributed by atoms with Crippen molar-refractivity contribution in [3.8, 4) is 44.5 Å². The van der Waals surface area contributed by atoms with Crippen LogP contribution in [0.15, 0.2) is 139 Å². The number of para-hydroxylation sites is 1. The molecule has 0 amide bonds. The number of aryl methyl sites for hydroxylation is 1. The summed E-state index contributed by atoms with van der Waals surface area (Å²) in [4.78, 5) is 9.58. The van der Waals surface area contributed by atoms with Crippen LogP contribution in [0.2, 0.25) is 0 Å². The van der Waals surface area contributed by atoms with E-state index >= 15 is 0 Å². The second-order valence-corrected chi connectivity index (χ2v) is 10.6. The van der Waals surface area contributed by atoms with E-state index in [1.54, 1.807) is 12.4 Å². The normalized spacial score (nSPS) is 12.2. The van der Waals surface area contributed by atoms with Crippen molar-refractivity contribution in [2.24, 2.45) is 0 Å². The maximum absolute atomic E-state index is 6.56. The minimum Gasteiger partial charge on any atom is -0.456 e. The van der Waals surface area contributed by atoms with E-state index in [4.69, 9.17) is 9.40 Å². The van der Waals surface area contributed by atoms with Gasteiger partial charge < -0.3 is 4.42 Å². The molecule has 0 N–H and O–H groups in total. The van der Waals surface area contributed by atoms with Gasteiger partial charge in [-0.1, -0.05) is 110 Å². The SMILES string of the molecule is C=C/C=C(/c1cccc2c1-c1ccccc1-c1ccccc1-c1ccc3nccnc3c1-2)c1oc2ccccc2c1C. The van der Waals surface area contributed by atoms with E-state index < -0.39 is 0 Å². The van der Waals surface area contributed by atoms with Gasteiger partial charge in [-0.3, -0.25) is 9.97 Å². The fourth-order valence-electron chi connectivity index (χ4n) is 6.53. The summed E-state index contributed by atoms with van der Waals surface area (Å²) in [5, 5.41) is 1.11. The molecule has 8 rings (SSSR count). The van der Waals surface area contributed by atoms with Gasteiger partial charge >= 0.3 is 0 Å². The first-order chi connectivity index (χ1) is 20.7. The van der Waals surface area contributed by atoms with Crippen LogP contribution in [0.3, 0.4) is 0 Å². The molecule has 0 atom stereocenters. The Bertz CT molecular complexity index is 2230. The summed E-state index contributed by atoms with van der Waals surface area (Å²) in [6, 6.07) is 36.4. The van der Waals surface area contributed by atoms with Crippen molar-refractivity contribution < 1.29 is 4.42 Å². The molecule has 0 fully saturated rings. The zero-order chi connectivity index (χ0) is 28.2. The van der Waals surface area contributed by atoms with E-state index in [0.29, 0.717) is 0 Å². The minimum atomic E-state index is 0.849. The highest BCUT2D eigenvalue weighted by molar-refractivity contribution is 6.12. The summed E-state index contributed by atoms with van der Waals surface area (Å²) in [6.07, 6.45) is 7.46. The molecule has 3 nitrogen and oxygen atoms in total. The molecule has 0 unspecified atom stereocenters. The van der Waals surface area contributed by atoms with Gasteiger partial charge in [0, 0.05) is 34.5 Å². The average Bonchev–Trinajstić information content (AvgIpc) is 3.38. The summed E-state index contributed by atoms with van der Waals surface area (Å²) >= 11 is 0. The van der Waals surface area contributed by atoms with Gasteiger partial charge in [0.25, 0.3) is 0 Å². The Hall–Kier alpha value is -5.54. The third-order valence-corrected chi connectivity index (χ3v) is 8.34. The highest BCUT2D eigenvalue weighted by Crippen LogP contribution is 2.51. The molecule has 198 valence electrons. The summed E-state index contributed by atoms with van der Waals surface area (Å²) in [6.45, 7) is 6.23. The predicted octanol–water partition coefficient (Wildman–Crippen LogP) is 10.3. The average molecular weight is 539 g/mol. The van der Waals surface area contributed by atoms with Crippen LogP contribution in [0.25, 0.3) is 72.1 Å².